The number of hydrogen-bond acceptors (Lipinski definition) is 3. The van der Waals surface area contributed by atoms with Crippen molar-refractivity contribution in [3.63, 3.8) is 0 Å². The Labute approximate surface area is 109 Å². The van der Waals surface area contributed by atoms with Crippen molar-refractivity contribution >= 4 is 21.7 Å². The van der Waals surface area contributed by atoms with E-state index in [4.69, 9.17) is 9.47 Å². The van der Waals surface area contributed by atoms with Crippen LogP contribution in [0.25, 0.3) is 0 Å². The lowest BCUT2D eigenvalue weighted by Crippen LogP contribution is -2.04. The third-order valence-electron chi connectivity index (χ3n) is 2.46. The fourth-order valence-electron chi connectivity index (χ4n) is 1.70. The number of benzene rings is 1. The van der Waals surface area contributed by atoms with Crippen molar-refractivity contribution in [2.24, 2.45) is 0 Å². The lowest BCUT2D eigenvalue weighted by molar-refractivity contribution is -0.117. The summed E-state index contributed by atoms with van der Waals surface area (Å²) in [5.41, 5.74) is 1.69. The monoisotopic (exact) mass is 296 g/mol. The molecule has 17 heavy (non-hydrogen) atoms. The van der Waals surface area contributed by atoms with Crippen LogP contribution in [0, 0.1) is 0 Å². The first-order valence-corrected chi connectivity index (χ1v) is 6.26. The molecule has 0 unspecified atom stereocenters. The fourth-order valence-corrected chi connectivity index (χ4v) is 2.15. The maximum absolute atomic E-state index is 11.7. The van der Waals surface area contributed by atoms with Crippen LogP contribution in [-0.4, -0.2) is 19.0 Å². The van der Waals surface area contributed by atoms with Crippen LogP contribution >= 0.6 is 15.9 Å². The molecule has 4 heteroatoms. The molecule has 1 aliphatic heterocycles. The quantitative estimate of drug-likeness (QED) is 0.857. The first kappa shape index (κ1) is 12.2. The lowest BCUT2D eigenvalue weighted by Gasteiger charge is -2.06. The van der Waals surface area contributed by atoms with Gasteiger partial charge in [0.1, 0.15) is 0 Å². The molecule has 0 saturated heterocycles. The number of halogens is 1. The molecule has 2 rings (SSSR count). The molecule has 0 spiro atoms. The Bertz CT molecular complexity index is 465. The van der Waals surface area contributed by atoms with E-state index in [1.807, 2.05) is 31.2 Å². The van der Waals surface area contributed by atoms with Crippen molar-refractivity contribution in [1.29, 1.82) is 0 Å². The Kier molecular flexibility index (Phi) is 3.84. The maximum Gasteiger partial charge on any atom is 0.287 e. The predicted molar refractivity (Wildman–Crippen MR) is 67.5 cm³/mol. The molecule has 1 aromatic rings. The molecule has 1 heterocycles. The minimum Gasteiger partial charge on any atom is -0.465 e. The third kappa shape index (κ3) is 2.88. The van der Waals surface area contributed by atoms with Crippen LogP contribution in [0.15, 0.2) is 40.3 Å². The van der Waals surface area contributed by atoms with E-state index in [0.29, 0.717) is 24.5 Å². The van der Waals surface area contributed by atoms with Crippen LogP contribution in [-0.2, 0) is 20.7 Å². The summed E-state index contributed by atoms with van der Waals surface area (Å²) in [5, 5.41) is 0. The summed E-state index contributed by atoms with van der Waals surface area (Å²) in [7, 11) is 0. The highest BCUT2D eigenvalue weighted by molar-refractivity contribution is 9.10. The highest BCUT2D eigenvalue weighted by Crippen LogP contribution is 2.22. The molecule has 0 N–H and O–H groups in total. The minimum absolute atomic E-state index is 0.00780. The molecule has 0 fully saturated rings. The zero-order chi connectivity index (χ0) is 12.3. The van der Waals surface area contributed by atoms with Crippen molar-refractivity contribution in [3.05, 3.63) is 45.8 Å². The Morgan fingerprint density at radius 3 is 3.00 bits per heavy atom. The van der Waals surface area contributed by atoms with Crippen molar-refractivity contribution < 1.29 is 14.3 Å². The number of Topliss-reactive ketones (excluding diaryl/α,β-unsaturated/α-hetero) is 1. The molecule has 0 aliphatic carbocycles. The van der Waals surface area contributed by atoms with Crippen LogP contribution in [0.4, 0.5) is 0 Å². The Hall–Kier alpha value is -1.29. The SMILES string of the molecule is CCOC1=C(Cc2cccc(Br)c2)C(=O)CO1. The van der Waals surface area contributed by atoms with Crippen molar-refractivity contribution in [1.82, 2.24) is 0 Å². The van der Waals surface area contributed by atoms with E-state index >= 15 is 0 Å². The summed E-state index contributed by atoms with van der Waals surface area (Å²) < 4.78 is 11.5. The van der Waals surface area contributed by atoms with Crippen molar-refractivity contribution in [2.75, 3.05) is 13.2 Å². The summed E-state index contributed by atoms with van der Waals surface area (Å²) >= 11 is 3.41. The fraction of sp³-hybridized carbons (Fsp3) is 0.308. The summed E-state index contributed by atoms with van der Waals surface area (Å²) in [6.45, 7) is 2.47. The number of ether oxygens (including phenoxy) is 2. The number of carbonyl (C=O) groups excluding carboxylic acids is 1. The summed E-state index contributed by atoms with van der Waals surface area (Å²) in [5.74, 6) is 0.394. The Morgan fingerprint density at radius 2 is 2.29 bits per heavy atom. The molecule has 3 nitrogen and oxygen atoms in total. The standard InChI is InChI=1S/C13H13BrO3/c1-2-16-13-11(12(15)8-17-13)7-9-4-3-5-10(14)6-9/h3-6H,2,7-8H2,1H3. The second-order valence-corrected chi connectivity index (χ2v) is 4.63. The second kappa shape index (κ2) is 5.36. The largest absolute Gasteiger partial charge is 0.465 e. The van der Waals surface area contributed by atoms with Gasteiger partial charge in [0, 0.05) is 10.9 Å². The van der Waals surface area contributed by atoms with Gasteiger partial charge in [0.2, 0.25) is 5.78 Å². The van der Waals surface area contributed by atoms with Gasteiger partial charge in [-0.05, 0) is 24.6 Å². The van der Waals surface area contributed by atoms with Gasteiger partial charge >= 0.3 is 0 Å². The average molecular weight is 297 g/mol. The normalized spacial score (nSPS) is 15.1. The number of carbonyl (C=O) groups is 1. The zero-order valence-corrected chi connectivity index (χ0v) is 11.1. The molecule has 0 amide bonds. The topological polar surface area (TPSA) is 35.5 Å². The van der Waals surface area contributed by atoms with E-state index in [1.54, 1.807) is 0 Å². The summed E-state index contributed by atoms with van der Waals surface area (Å²) in [6, 6.07) is 7.87. The first-order valence-electron chi connectivity index (χ1n) is 5.47. The van der Waals surface area contributed by atoms with Crippen molar-refractivity contribution in [2.45, 2.75) is 13.3 Å². The van der Waals surface area contributed by atoms with Gasteiger partial charge in [-0.1, -0.05) is 28.1 Å². The van der Waals surface area contributed by atoms with E-state index in [9.17, 15) is 4.79 Å². The van der Waals surface area contributed by atoms with E-state index in [1.165, 1.54) is 0 Å². The Balaban J connectivity index is 2.21. The van der Waals surface area contributed by atoms with Gasteiger partial charge in [-0.3, -0.25) is 4.79 Å². The molecule has 0 atom stereocenters. The van der Waals surface area contributed by atoms with E-state index < -0.39 is 0 Å². The first-order chi connectivity index (χ1) is 8.20. The van der Waals surface area contributed by atoms with Crippen LogP contribution in [0.2, 0.25) is 0 Å². The van der Waals surface area contributed by atoms with Gasteiger partial charge in [-0.2, -0.15) is 0 Å². The van der Waals surface area contributed by atoms with Crippen LogP contribution < -0.4 is 0 Å². The number of ketones is 1. The van der Waals surface area contributed by atoms with Crippen LogP contribution in [0.3, 0.4) is 0 Å². The van der Waals surface area contributed by atoms with Gasteiger partial charge < -0.3 is 9.47 Å². The van der Waals surface area contributed by atoms with Crippen molar-refractivity contribution in [3.8, 4) is 0 Å². The Morgan fingerprint density at radius 1 is 1.47 bits per heavy atom. The molecular formula is C13H13BrO3. The zero-order valence-electron chi connectivity index (χ0n) is 9.53. The molecular weight excluding hydrogens is 284 g/mol. The van der Waals surface area contributed by atoms with Gasteiger partial charge in [-0.15, -0.1) is 0 Å². The number of hydrogen-bond donors (Lipinski definition) is 0. The molecule has 0 aromatic heterocycles. The average Bonchev–Trinajstić information content (AvgIpc) is 2.62. The number of rotatable bonds is 4. The molecule has 0 saturated carbocycles. The lowest BCUT2D eigenvalue weighted by atomic mass is 10.0. The molecule has 0 bridgehead atoms. The van der Waals surface area contributed by atoms with Gasteiger partial charge in [-0.25, -0.2) is 0 Å². The smallest absolute Gasteiger partial charge is 0.287 e. The van der Waals surface area contributed by atoms with Gasteiger partial charge in [0.05, 0.1) is 12.2 Å². The minimum atomic E-state index is 0.00780. The van der Waals surface area contributed by atoms with Crippen LogP contribution in [0.1, 0.15) is 12.5 Å². The van der Waals surface area contributed by atoms with Gasteiger partial charge in [0.15, 0.2) is 6.61 Å². The van der Waals surface area contributed by atoms with Crippen LogP contribution in [0.5, 0.6) is 0 Å². The highest BCUT2D eigenvalue weighted by atomic mass is 79.9. The van der Waals surface area contributed by atoms with E-state index in [0.717, 1.165) is 10.0 Å². The highest BCUT2D eigenvalue weighted by Gasteiger charge is 2.26. The van der Waals surface area contributed by atoms with Gasteiger partial charge in [0.25, 0.3) is 5.95 Å². The predicted octanol–water partition coefficient (Wildman–Crippen LogP) is 2.84. The van der Waals surface area contributed by atoms with E-state index in [2.05, 4.69) is 15.9 Å². The molecule has 1 aliphatic rings. The molecule has 0 radical (unpaired) electrons. The second-order valence-electron chi connectivity index (χ2n) is 3.72. The third-order valence-corrected chi connectivity index (χ3v) is 2.96. The molecule has 90 valence electrons. The van der Waals surface area contributed by atoms with E-state index in [-0.39, 0.29) is 12.4 Å². The summed E-state index contributed by atoms with van der Waals surface area (Å²) in [6.07, 6.45) is 0.549. The maximum atomic E-state index is 11.7. The summed E-state index contributed by atoms with van der Waals surface area (Å²) in [4.78, 5) is 11.7. The molecule has 1 aromatic carbocycles.